The number of ether oxygens (including phenoxy) is 2. The van der Waals surface area contributed by atoms with E-state index in [1.54, 1.807) is 20.4 Å². The molecule has 0 fully saturated rings. The number of benzene rings is 2. The summed E-state index contributed by atoms with van der Waals surface area (Å²) in [5.41, 5.74) is 4.19. The summed E-state index contributed by atoms with van der Waals surface area (Å²) in [6.07, 6.45) is 4.35. The molecule has 2 aromatic heterocycles. The van der Waals surface area contributed by atoms with Crippen LogP contribution in [0.3, 0.4) is 0 Å². The zero-order chi connectivity index (χ0) is 21.8. The molecule has 0 atom stereocenters. The second-order valence-corrected chi connectivity index (χ2v) is 7.45. The average molecular weight is 436 g/mol. The van der Waals surface area contributed by atoms with Crippen molar-refractivity contribution in [3.8, 4) is 22.6 Å². The molecule has 4 rings (SSSR count). The van der Waals surface area contributed by atoms with Crippen LogP contribution in [0.15, 0.2) is 67.0 Å². The Kier molecular flexibility index (Phi) is 6.09. The number of aromatic nitrogens is 2. The Hall–Kier alpha value is -3.51. The fraction of sp³-hybridized carbons (Fsp3) is 0.167. The van der Waals surface area contributed by atoms with Gasteiger partial charge in [-0.1, -0.05) is 29.8 Å². The van der Waals surface area contributed by atoms with Crippen molar-refractivity contribution in [2.45, 2.75) is 6.42 Å². The molecule has 0 radical (unpaired) electrons. The number of carbonyl (C=O) groups excluding carboxylic acids is 1. The fourth-order valence-corrected chi connectivity index (χ4v) is 3.49. The molecule has 2 aromatic carbocycles. The van der Waals surface area contributed by atoms with Crippen LogP contribution >= 0.6 is 11.6 Å². The third-order valence-corrected chi connectivity index (χ3v) is 5.26. The third-order valence-electron chi connectivity index (χ3n) is 5.01. The molecule has 1 N–H and O–H groups in total. The second kappa shape index (κ2) is 9.10. The van der Waals surface area contributed by atoms with Crippen LogP contribution in [0.25, 0.3) is 16.8 Å². The quantitative estimate of drug-likeness (QED) is 0.459. The Morgan fingerprint density at radius 2 is 1.71 bits per heavy atom. The molecule has 0 aliphatic rings. The van der Waals surface area contributed by atoms with Gasteiger partial charge in [0.05, 0.1) is 14.2 Å². The first kappa shape index (κ1) is 20.8. The number of hydrogen-bond donors (Lipinski definition) is 1. The molecular weight excluding hydrogens is 414 g/mol. The van der Waals surface area contributed by atoms with Crippen LogP contribution in [-0.4, -0.2) is 36.1 Å². The van der Waals surface area contributed by atoms with Gasteiger partial charge in [-0.15, -0.1) is 0 Å². The predicted molar refractivity (Wildman–Crippen MR) is 121 cm³/mol. The largest absolute Gasteiger partial charge is 0.493 e. The van der Waals surface area contributed by atoms with E-state index in [0.29, 0.717) is 40.8 Å². The highest BCUT2D eigenvalue weighted by Gasteiger charge is 2.12. The van der Waals surface area contributed by atoms with Crippen LogP contribution in [-0.2, 0) is 6.42 Å². The molecule has 6 nitrogen and oxygen atoms in total. The number of rotatable bonds is 7. The van der Waals surface area contributed by atoms with Crippen LogP contribution in [0, 0.1) is 0 Å². The molecule has 0 saturated heterocycles. The van der Waals surface area contributed by atoms with Crippen LogP contribution in [0.2, 0.25) is 5.02 Å². The second-order valence-electron chi connectivity index (χ2n) is 7.01. The minimum atomic E-state index is -0.211. The lowest BCUT2D eigenvalue weighted by Crippen LogP contribution is -2.26. The van der Waals surface area contributed by atoms with Crippen molar-refractivity contribution in [2.24, 2.45) is 0 Å². The maximum atomic E-state index is 12.6. The minimum Gasteiger partial charge on any atom is -0.493 e. The first-order chi connectivity index (χ1) is 15.1. The van der Waals surface area contributed by atoms with Gasteiger partial charge in [-0.05, 0) is 59.5 Å². The molecule has 0 spiro atoms. The van der Waals surface area contributed by atoms with Crippen molar-refractivity contribution >= 4 is 23.2 Å². The van der Waals surface area contributed by atoms with Crippen molar-refractivity contribution in [2.75, 3.05) is 20.8 Å². The molecule has 0 aliphatic carbocycles. The summed E-state index contributed by atoms with van der Waals surface area (Å²) in [4.78, 5) is 17.0. The number of methoxy groups -OCH3 is 2. The minimum absolute atomic E-state index is 0.211. The first-order valence-electron chi connectivity index (χ1n) is 9.81. The van der Waals surface area contributed by atoms with Crippen molar-refractivity contribution in [1.82, 2.24) is 14.7 Å². The summed E-state index contributed by atoms with van der Waals surface area (Å²) < 4.78 is 12.4. The standard InChI is InChI=1S/C24H22ClN3O3/c1-30-21-9-3-16(13-22(21)31-2)11-12-26-24(29)20-15-28-14-18(6-10-23(28)27-20)17-4-7-19(25)8-5-17/h3-10,13-15H,11-12H2,1-2H3,(H,26,29). The number of hydrogen-bond acceptors (Lipinski definition) is 4. The lowest BCUT2D eigenvalue weighted by Gasteiger charge is -2.09. The van der Waals surface area contributed by atoms with E-state index in [4.69, 9.17) is 21.1 Å². The molecule has 31 heavy (non-hydrogen) atoms. The number of imidazole rings is 1. The Balaban J connectivity index is 1.42. The highest BCUT2D eigenvalue weighted by Crippen LogP contribution is 2.27. The van der Waals surface area contributed by atoms with Gasteiger partial charge in [0.15, 0.2) is 11.5 Å². The lowest BCUT2D eigenvalue weighted by molar-refractivity contribution is 0.0950. The number of carbonyl (C=O) groups is 1. The number of halogens is 1. The molecule has 4 aromatic rings. The summed E-state index contributed by atoms with van der Waals surface area (Å²) in [5.74, 6) is 1.14. The predicted octanol–water partition coefficient (Wildman–Crippen LogP) is 4.64. The molecule has 0 aliphatic heterocycles. The van der Waals surface area contributed by atoms with Gasteiger partial charge in [0.2, 0.25) is 0 Å². The zero-order valence-electron chi connectivity index (χ0n) is 17.3. The van der Waals surface area contributed by atoms with Crippen molar-refractivity contribution in [3.63, 3.8) is 0 Å². The molecule has 0 saturated carbocycles. The van der Waals surface area contributed by atoms with Crippen LogP contribution in [0.4, 0.5) is 0 Å². The van der Waals surface area contributed by atoms with Gasteiger partial charge >= 0.3 is 0 Å². The Labute approximate surface area is 185 Å². The molecule has 2 heterocycles. The number of nitrogens with zero attached hydrogens (tertiary/aromatic N) is 2. The molecule has 7 heteroatoms. The molecular formula is C24H22ClN3O3. The molecule has 1 amide bonds. The third kappa shape index (κ3) is 4.64. The number of nitrogens with one attached hydrogen (secondary N) is 1. The smallest absolute Gasteiger partial charge is 0.271 e. The van der Waals surface area contributed by atoms with E-state index < -0.39 is 0 Å². The summed E-state index contributed by atoms with van der Waals surface area (Å²) >= 11 is 5.97. The van der Waals surface area contributed by atoms with Gasteiger partial charge in [-0.2, -0.15) is 0 Å². The summed E-state index contributed by atoms with van der Waals surface area (Å²) in [5, 5.41) is 3.62. The van der Waals surface area contributed by atoms with E-state index in [-0.39, 0.29) is 5.91 Å². The van der Waals surface area contributed by atoms with Crippen LogP contribution in [0.5, 0.6) is 11.5 Å². The van der Waals surface area contributed by atoms with Gasteiger partial charge < -0.3 is 19.2 Å². The van der Waals surface area contributed by atoms with Crippen molar-refractivity contribution in [1.29, 1.82) is 0 Å². The highest BCUT2D eigenvalue weighted by atomic mass is 35.5. The first-order valence-corrected chi connectivity index (χ1v) is 10.2. The van der Waals surface area contributed by atoms with E-state index in [2.05, 4.69) is 10.3 Å². The maximum Gasteiger partial charge on any atom is 0.271 e. The lowest BCUT2D eigenvalue weighted by atomic mass is 10.1. The van der Waals surface area contributed by atoms with Crippen molar-refractivity contribution < 1.29 is 14.3 Å². The Morgan fingerprint density at radius 1 is 0.968 bits per heavy atom. The van der Waals surface area contributed by atoms with Gasteiger partial charge in [-0.3, -0.25) is 4.79 Å². The van der Waals surface area contributed by atoms with E-state index >= 15 is 0 Å². The highest BCUT2D eigenvalue weighted by molar-refractivity contribution is 6.30. The number of pyridine rings is 1. The van der Waals surface area contributed by atoms with Crippen molar-refractivity contribution in [3.05, 3.63) is 83.3 Å². The Bertz CT molecular complexity index is 1220. The summed E-state index contributed by atoms with van der Waals surface area (Å²) in [6.45, 7) is 0.484. The summed E-state index contributed by atoms with van der Waals surface area (Å²) in [7, 11) is 3.20. The molecule has 158 valence electrons. The van der Waals surface area contributed by atoms with E-state index in [1.807, 2.05) is 65.2 Å². The van der Waals surface area contributed by atoms with E-state index in [1.165, 1.54) is 0 Å². The Morgan fingerprint density at radius 3 is 2.45 bits per heavy atom. The molecule has 0 bridgehead atoms. The van der Waals surface area contributed by atoms with Gasteiger partial charge in [0.1, 0.15) is 11.3 Å². The van der Waals surface area contributed by atoms with Gasteiger partial charge in [0.25, 0.3) is 5.91 Å². The van der Waals surface area contributed by atoms with Crippen LogP contribution in [0.1, 0.15) is 16.1 Å². The molecule has 0 unspecified atom stereocenters. The maximum absolute atomic E-state index is 12.6. The van der Waals surface area contributed by atoms with Crippen LogP contribution < -0.4 is 14.8 Å². The SMILES string of the molecule is COc1ccc(CCNC(=O)c2cn3cc(-c4ccc(Cl)cc4)ccc3n2)cc1OC. The average Bonchev–Trinajstić information content (AvgIpc) is 3.23. The monoisotopic (exact) mass is 435 g/mol. The van der Waals surface area contributed by atoms with E-state index in [9.17, 15) is 4.79 Å². The number of fused-ring (bicyclic) bond motifs is 1. The topological polar surface area (TPSA) is 64.9 Å². The summed E-state index contributed by atoms with van der Waals surface area (Å²) in [6, 6.07) is 17.2. The van der Waals surface area contributed by atoms with Gasteiger partial charge in [0, 0.05) is 24.0 Å². The zero-order valence-corrected chi connectivity index (χ0v) is 18.0. The van der Waals surface area contributed by atoms with E-state index in [0.717, 1.165) is 16.7 Å². The number of amides is 1. The normalized spacial score (nSPS) is 10.8. The fourth-order valence-electron chi connectivity index (χ4n) is 3.36. The van der Waals surface area contributed by atoms with Gasteiger partial charge in [-0.25, -0.2) is 4.98 Å².